The first-order chi connectivity index (χ1) is 7.49. The molecule has 16 heavy (non-hydrogen) atoms. The third-order valence-corrected chi connectivity index (χ3v) is 3.99. The molecule has 2 N–H and O–H groups in total. The average Bonchev–Trinajstić information content (AvgIpc) is 2.14. The lowest BCUT2D eigenvalue weighted by atomic mass is 9.80. The predicted molar refractivity (Wildman–Crippen MR) is 65.4 cm³/mol. The fourth-order valence-corrected chi connectivity index (χ4v) is 2.55. The van der Waals surface area contributed by atoms with Gasteiger partial charge in [-0.1, -0.05) is 13.8 Å². The van der Waals surface area contributed by atoms with Crippen molar-refractivity contribution in [1.29, 1.82) is 0 Å². The van der Waals surface area contributed by atoms with Crippen LogP contribution < -0.4 is 5.73 Å². The van der Waals surface area contributed by atoms with Crippen LogP contribution in [0.1, 0.15) is 13.8 Å². The highest BCUT2D eigenvalue weighted by atomic mass is 16.5. The summed E-state index contributed by atoms with van der Waals surface area (Å²) in [4.78, 5) is 4.76. The number of rotatable bonds is 3. The summed E-state index contributed by atoms with van der Waals surface area (Å²) in [5.41, 5.74) is 6.32. The van der Waals surface area contributed by atoms with Crippen molar-refractivity contribution in [2.45, 2.75) is 25.5 Å². The van der Waals surface area contributed by atoms with E-state index in [0.717, 1.165) is 39.3 Å². The van der Waals surface area contributed by atoms with E-state index in [1.807, 2.05) is 0 Å². The van der Waals surface area contributed by atoms with Gasteiger partial charge in [-0.05, 0) is 13.0 Å². The fraction of sp³-hybridized carbons (Fsp3) is 1.00. The third-order valence-electron chi connectivity index (χ3n) is 3.99. The first kappa shape index (κ1) is 12.3. The summed E-state index contributed by atoms with van der Waals surface area (Å²) in [7, 11) is 2.16. The van der Waals surface area contributed by atoms with Crippen LogP contribution in [-0.4, -0.2) is 67.8 Å². The Balaban J connectivity index is 1.73. The second-order valence-corrected chi connectivity index (χ2v) is 5.81. The lowest BCUT2D eigenvalue weighted by molar-refractivity contribution is -0.0628. The number of morpholine rings is 1. The zero-order chi connectivity index (χ0) is 11.8. The molecule has 0 radical (unpaired) electrons. The molecule has 1 atom stereocenters. The maximum absolute atomic E-state index is 6.28. The summed E-state index contributed by atoms with van der Waals surface area (Å²) in [5.74, 6) is 0.568. The largest absolute Gasteiger partial charge is 0.374 e. The Morgan fingerprint density at radius 3 is 2.69 bits per heavy atom. The SMILES string of the molecule is CC(C)C1(N)CN(CC2CN(C)CCO2)C1. The molecule has 0 bridgehead atoms. The third kappa shape index (κ3) is 2.56. The molecule has 2 heterocycles. The minimum Gasteiger partial charge on any atom is -0.374 e. The fourth-order valence-electron chi connectivity index (χ4n) is 2.55. The summed E-state index contributed by atoms with van der Waals surface area (Å²) in [6, 6.07) is 0. The van der Waals surface area contributed by atoms with E-state index in [0.29, 0.717) is 12.0 Å². The highest BCUT2D eigenvalue weighted by molar-refractivity contribution is 5.02. The van der Waals surface area contributed by atoms with Crippen LogP contribution in [0.2, 0.25) is 0 Å². The van der Waals surface area contributed by atoms with Crippen LogP contribution in [0.15, 0.2) is 0 Å². The molecule has 2 aliphatic heterocycles. The molecule has 4 nitrogen and oxygen atoms in total. The molecule has 4 heteroatoms. The summed E-state index contributed by atoms with van der Waals surface area (Å²) >= 11 is 0. The molecular weight excluding hydrogens is 202 g/mol. The molecule has 94 valence electrons. The molecule has 0 aromatic rings. The van der Waals surface area contributed by atoms with E-state index >= 15 is 0 Å². The van der Waals surface area contributed by atoms with Gasteiger partial charge in [0, 0.05) is 38.3 Å². The van der Waals surface area contributed by atoms with Gasteiger partial charge in [-0.15, -0.1) is 0 Å². The van der Waals surface area contributed by atoms with Gasteiger partial charge in [0.1, 0.15) is 0 Å². The van der Waals surface area contributed by atoms with Gasteiger partial charge in [0.15, 0.2) is 0 Å². The van der Waals surface area contributed by atoms with Crippen molar-refractivity contribution >= 4 is 0 Å². The molecule has 0 aliphatic carbocycles. The quantitative estimate of drug-likeness (QED) is 0.736. The van der Waals surface area contributed by atoms with Crippen molar-refractivity contribution in [1.82, 2.24) is 9.80 Å². The van der Waals surface area contributed by atoms with Gasteiger partial charge < -0.3 is 15.4 Å². The van der Waals surface area contributed by atoms with Crippen LogP contribution in [0.5, 0.6) is 0 Å². The molecule has 1 unspecified atom stereocenters. The Morgan fingerprint density at radius 1 is 1.44 bits per heavy atom. The predicted octanol–water partition coefficient (Wildman–Crippen LogP) is -0.0139. The van der Waals surface area contributed by atoms with Crippen LogP contribution in [-0.2, 0) is 4.74 Å². The van der Waals surface area contributed by atoms with E-state index in [4.69, 9.17) is 10.5 Å². The summed E-state index contributed by atoms with van der Waals surface area (Å²) in [5, 5.41) is 0. The van der Waals surface area contributed by atoms with Crippen LogP contribution in [0.3, 0.4) is 0 Å². The molecule has 2 aliphatic rings. The lowest BCUT2D eigenvalue weighted by Gasteiger charge is -2.51. The van der Waals surface area contributed by atoms with E-state index in [9.17, 15) is 0 Å². The van der Waals surface area contributed by atoms with Crippen LogP contribution in [0, 0.1) is 5.92 Å². The molecular formula is C12H25N3O. The minimum atomic E-state index is 0.0422. The van der Waals surface area contributed by atoms with Gasteiger partial charge in [0.05, 0.1) is 12.7 Å². The normalized spacial score (nSPS) is 31.7. The molecule has 0 amide bonds. The number of likely N-dealkylation sites (N-methyl/N-ethyl adjacent to an activating group) is 1. The van der Waals surface area contributed by atoms with Gasteiger partial charge >= 0.3 is 0 Å². The molecule has 0 saturated carbocycles. The number of likely N-dealkylation sites (tertiary alicyclic amines) is 1. The Morgan fingerprint density at radius 2 is 2.12 bits per heavy atom. The molecule has 2 fully saturated rings. The average molecular weight is 227 g/mol. The van der Waals surface area contributed by atoms with Gasteiger partial charge in [0.25, 0.3) is 0 Å². The van der Waals surface area contributed by atoms with Crippen molar-refractivity contribution in [3.8, 4) is 0 Å². The lowest BCUT2D eigenvalue weighted by Crippen LogP contribution is -2.71. The van der Waals surface area contributed by atoms with Crippen molar-refractivity contribution in [3.63, 3.8) is 0 Å². The van der Waals surface area contributed by atoms with Gasteiger partial charge in [-0.3, -0.25) is 4.90 Å². The van der Waals surface area contributed by atoms with E-state index in [1.54, 1.807) is 0 Å². The molecule has 0 aromatic heterocycles. The van der Waals surface area contributed by atoms with Gasteiger partial charge in [-0.25, -0.2) is 0 Å². The second kappa shape index (κ2) is 4.61. The van der Waals surface area contributed by atoms with Crippen LogP contribution >= 0.6 is 0 Å². The number of nitrogens with two attached hydrogens (primary N) is 1. The zero-order valence-corrected chi connectivity index (χ0v) is 10.8. The molecule has 0 aromatic carbocycles. The minimum absolute atomic E-state index is 0.0422. The molecule has 2 saturated heterocycles. The smallest absolute Gasteiger partial charge is 0.0829 e. The van der Waals surface area contributed by atoms with Crippen molar-refractivity contribution < 1.29 is 4.74 Å². The highest BCUT2D eigenvalue weighted by Crippen LogP contribution is 2.26. The maximum Gasteiger partial charge on any atom is 0.0829 e. The van der Waals surface area contributed by atoms with Crippen LogP contribution in [0.25, 0.3) is 0 Å². The van der Waals surface area contributed by atoms with E-state index < -0.39 is 0 Å². The summed E-state index contributed by atoms with van der Waals surface area (Å²) < 4.78 is 5.76. The Labute approximate surface area is 98.7 Å². The molecule has 2 rings (SSSR count). The number of nitrogens with zero attached hydrogens (tertiary/aromatic N) is 2. The Hall–Kier alpha value is -0.160. The Kier molecular flexibility index (Phi) is 3.54. The van der Waals surface area contributed by atoms with Gasteiger partial charge in [-0.2, -0.15) is 0 Å². The number of hydrogen-bond donors (Lipinski definition) is 1. The van der Waals surface area contributed by atoms with Crippen molar-refractivity contribution in [3.05, 3.63) is 0 Å². The van der Waals surface area contributed by atoms with Crippen molar-refractivity contribution in [2.24, 2.45) is 11.7 Å². The van der Waals surface area contributed by atoms with E-state index in [1.165, 1.54) is 0 Å². The second-order valence-electron chi connectivity index (χ2n) is 5.81. The number of ether oxygens (including phenoxy) is 1. The van der Waals surface area contributed by atoms with Crippen LogP contribution in [0.4, 0.5) is 0 Å². The summed E-state index contributed by atoms with van der Waals surface area (Å²) in [6.07, 6.45) is 0.371. The van der Waals surface area contributed by atoms with E-state index in [2.05, 4.69) is 30.7 Å². The number of hydrogen-bond acceptors (Lipinski definition) is 4. The highest BCUT2D eigenvalue weighted by Gasteiger charge is 2.42. The van der Waals surface area contributed by atoms with Gasteiger partial charge in [0.2, 0.25) is 0 Å². The zero-order valence-electron chi connectivity index (χ0n) is 10.8. The summed E-state index contributed by atoms with van der Waals surface area (Å²) in [6.45, 7) is 10.5. The first-order valence-electron chi connectivity index (χ1n) is 6.31. The van der Waals surface area contributed by atoms with E-state index in [-0.39, 0.29) is 5.54 Å². The maximum atomic E-state index is 6.28. The topological polar surface area (TPSA) is 41.7 Å². The molecule has 0 spiro atoms. The Bertz CT molecular complexity index is 238. The monoisotopic (exact) mass is 227 g/mol. The van der Waals surface area contributed by atoms with Crippen molar-refractivity contribution in [2.75, 3.05) is 46.4 Å². The first-order valence-corrected chi connectivity index (χ1v) is 6.31. The standard InChI is InChI=1S/C12H25N3O/c1-10(2)12(13)8-15(9-12)7-11-6-14(3)4-5-16-11/h10-11H,4-9,13H2,1-3H3.